The summed E-state index contributed by atoms with van der Waals surface area (Å²) in [5.74, 6) is 0.947. The van der Waals surface area contributed by atoms with Crippen molar-refractivity contribution in [3.05, 3.63) is 46.2 Å². The van der Waals surface area contributed by atoms with Crippen molar-refractivity contribution in [2.45, 2.75) is 58.9 Å². The molecule has 158 valence electrons. The predicted octanol–water partition coefficient (Wildman–Crippen LogP) is 2.99. The number of hydrogen-bond donors (Lipinski definition) is 2. The molecule has 0 bridgehead atoms. The number of amides is 2. The highest BCUT2D eigenvalue weighted by molar-refractivity contribution is 6.27. The van der Waals surface area contributed by atoms with E-state index >= 15 is 0 Å². The Kier molecular flexibility index (Phi) is 5.00. The van der Waals surface area contributed by atoms with Gasteiger partial charge in [-0.2, -0.15) is 5.10 Å². The summed E-state index contributed by atoms with van der Waals surface area (Å²) in [6.07, 6.45) is 4.00. The van der Waals surface area contributed by atoms with Crippen LogP contribution in [-0.2, 0) is 10.3 Å². The van der Waals surface area contributed by atoms with E-state index in [2.05, 4.69) is 15.5 Å². The van der Waals surface area contributed by atoms with Gasteiger partial charge in [0.25, 0.3) is 0 Å². The van der Waals surface area contributed by atoms with Crippen LogP contribution in [0.3, 0.4) is 0 Å². The SMILES string of the molecule is CC(=O)N1CCC2=NN=C(NC(C)(C)c3cc(C)cc(C(N)=O)c3)C2=C1CC1CC1. The average molecular weight is 408 g/mol. The van der Waals surface area contributed by atoms with Gasteiger partial charge in [-0.3, -0.25) is 9.59 Å². The zero-order valence-corrected chi connectivity index (χ0v) is 18.1. The lowest BCUT2D eigenvalue weighted by Crippen LogP contribution is -2.45. The predicted molar refractivity (Wildman–Crippen MR) is 117 cm³/mol. The summed E-state index contributed by atoms with van der Waals surface area (Å²) in [6.45, 7) is 8.31. The zero-order chi connectivity index (χ0) is 21.6. The van der Waals surface area contributed by atoms with Gasteiger partial charge >= 0.3 is 0 Å². The Balaban J connectivity index is 1.69. The number of nitrogens with one attached hydrogen (secondary N) is 1. The first-order chi connectivity index (χ1) is 14.2. The maximum atomic E-state index is 12.3. The minimum atomic E-state index is -0.518. The maximum Gasteiger partial charge on any atom is 0.248 e. The van der Waals surface area contributed by atoms with Gasteiger partial charge in [-0.25, -0.2) is 0 Å². The van der Waals surface area contributed by atoms with Crippen LogP contribution in [0.25, 0.3) is 0 Å². The fourth-order valence-electron chi connectivity index (χ4n) is 4.21. The molecule has 30 heavy (non-hydrogen) atoms. The van der Waals surface area contributed by atoms with Crippen LogP contribution >= 0.6 is 0 Å². The molecule has 1 aromatic rings. The summed E-state index contributed by atoms with van der Waals surface area (Å²) in [7, 11) is 0. The van der Waals surface area contributed by atoms with Gasteiger partial charge in [0.1, 0.15) is 0 Å². The van der Waals surface area contributed by atoms with Crippen molar-refractivity contribution in [1.82, 2.24) is 10.2 Å². The van der Waals surface area contributed by atoms with Crippen LogP contribution in [0.2, 0.25) is 0 Å². The van der Waals surface area contributed by atoms with Crippen LogP contribution in [-0.4, -0.2) is 34.8 Å². The summed E-state index contributed by atoms with van der Waals surface area (Å²) < 4.78 is 0. The molecule has 3 aliphatic rings. The number of hydrogen-bond acceptors (Lipinski definition) is 5. The third-order valence-electron chi connectivity index (χ3n) is 6.06. The van der Waals surface area contributed by atoms with Crippen molar-refractivity contribution in [1.29, 1.82) is 0 Å². The maximum absolute atomic E-state index is 12.3. The van der Waals surface area contributed by atoms with Crippen molar-refractivity contribution >= 4 is 23.4 Å². The molecular formula is C23H29N5O2. The van der Waals surface area contributed by atoms with Gasteiger partial charge < -0.3 is 16.0 Å². The lowest BCUT2D eigenvalue weighted by molar-refractivity contribution is -0.127. The molecule has 2 aliphatic heterocycles. The highest BCUT2D eigenvalue weighted by Crippen LogP contribution is 2.39. The molecule has 0 spiro atoms. The lowest BCUT2D eigenvalue weighted by atomic mass is 9.89. The molecule has 0 aromatic heterocycles. The Hall–Kier alpha value is -2.96. The Labute approximate surface area is 177 Å². The molecule has 0 radical (unpaired) electrons. The van der Waals surface area contributed by atoms with E-state index in [0.717, 1.165) is 34.5 Å². The Morgan fingerprint density at radius 1 is 1.23 bits per heavy atom. The van der Waals surface area contributed by atoms with Gasteiger partial charge in [0.05, 0.1) is 16.8 Å². The van der Waals surface area contributed by atoms with Gasteiger partial charge in [-0.1, -0.05) is 6.07 Å². The van der Waals surface area contributed by atoms with Crippen LogP contribution in [0.1, 0.15) is 67.9 Å². The van der Waals surface area contributed by atoms with Crippen molar-refractivity contribution in [3.63, 3.8) is 0 Å². The highest BCUT2D eigenvalue weighted by atomic mass is 16.2. The summed E-state index contributed by atoms with van der Waals surface area (Å²) >= 11 is 0. The molecule has 2 amide bonds. The first kappa shape index (κ1) is 20.3. The largest absolute Gasteiger partial charge is 0.366 e. The second-order valence-corrected chi connectivity index (χ2v) is 9.09. The van der Waals surface area contributed by atoms with Gasteiger partial charge in [0, 0.05) is 31.1 Å². The Morgan fingerprint density at radius 2 is 1.97 bits per heavy atom. The van der Waals surface area contributed by atoms with E-state index in [0.29, 0.717) is 30.3 Å². The number of carbonyl (C=O) groups excluding carboxylic acids is 2. The Bertz CT molecular complexity index is 1010. The molecular weight excluding hydrogens is 378 g/mol. The van der Waals surface area contributed by atoms with Crippen molar-refractivity contribution in [2.24, 2.45) is 21.9 Å². The Morgan fingerprint density at radius 3 is 2.60 bits per heavy atom. The fourth-order valence-corrected chi connectivity index (χ4v) is 4.21. The van der Waals surface area contributed by atoms with E-state index < -0.39 is 11.4 Å². The van der Waals surface area contributed by atoms with E-state index in [-0.39, 0.29) is 5.91 Å². The number of fused-ring (bicyclic) bond motifs is 1. The fraction of sp³-hybridized carbons (Fsp3) is 0.478. The molecule has 2 heterocycles. The molecule has 3 N–H and O–H groups in total. The number of nitrogens with zero attached hydrogens (tertiary/aromatic N) is 3. The lowest BCUT2D eigenvalue weighted by Gasteiger charge is -2.34. The zero-order valence-electron chi connectivity index (χ0n) is 18.1. The van der Waals surface area contributed by atoms with E-state index in [1.807, 2.05) is 37.8 Å². The summed E-state index contributed by atoms with van der Waals surface area (Å²) in [6, 6.07) is 5.65. The number of carbonyl (C=O) groups is 2. The van der Waals surface area contributed by atoms with Crippen LogP contribution in [0.4, 0.5) is 0 Å². The number of aryl methyl sites for hydroxylation is 1. The third-order valence-corrected chi connectivity index (χ3v) is 6.06. The summed E-state index contributed by atoms with van der Waals surface area (Å²) in [5, 5.41) is 12.4. The summed E-state index contributed by atoms with van der Waals surface area (Å²) in [4.78, 5) is 25.9. The second-order valence-electron chi connectivity index (χ2n) is 9.09. The minimum Gasteiger partial charge on any atom is -0.366 e. The summed E-state index contributed by atoms with van der Waals surface area (Å²) in [5.41, 5.74) is 10.3. The van der Waals surface area contributed by atoms with Gasteiger partial charge in [0.2, 0.25) is 11.8 Å². The molecule has 1 aliphatic carbocycles. The van der Waals surface area contributed by atoms with E-state index in [4.69, 9.17) is 5.73 Å². The molecule has 0 unspecified atom stereocenters. The molecule has 0 atom stereocenters. The van der Waals surface area contributed by atoms with Crippen LogP contribution in [0.5, 0.6) is 0 Å². The van der Waals surface area contributed by atoms with Crippen LogP contribution < -0.4 is 11.1 Å². The first-order valence-corrected chi connectivity index (χ1v) is 10.5. The number of nitrogens with two attached hydrogens (primary N) is 1. The average Bonchev–Trinajstić information content (AvgIpc) is 3.40. The molecule has 4 rings (SSSR count). The normalized spacial score (nSPS) is 18.7. The van der Waals surface area contributed by atoms with E-state index in [1.54, 1.807) is 13.0 Å². The van der Waals surface area contributed by atoms with E-state index in [1.165, 1.54) is 12.8 Å². The van der Waals surface area contributed by atoms with Crippen LogP contribution in [0.15, 0.2) is 39.7 Å². The second kappa shape index (κ2) is 7.38. The quantitative estimate of drug-likeness (QED) is 0.785. The van der Waals surface area contributed by atoms with Gasteiger partial charge in [-0.05, 0) is 69.2 Å². The van der Waals surface area contributed by atoms with E-state index in [9.17, 15) is 9.59 Å². The number of allylic oxidation sites excluding steroid dienone is 1. The molecule has 1 fully saturated rings. The van der Waals surface area contributed by atoms with Crippen molar-refractivity contribution < 1.29 is 9.59 Å². The number of amidine groups is 1. The smallest absolute Gasteiger partial charge is 0.248 e. The highest BCUT2D eigenvalue weighted by Gasteiger charge is 2.37. The molecule has 7 nitrogen and oxygen atoms in total. The van der Waals surface area contributed by atoms with Crippen molar-refractivity contribution in [2.75, 3.05) is 6.54 Å². The standard InChI is InChI=1S/C23H29N5O2/c1-13-9-16(21(24)30)12-17(10-13)23(3,4)25-22-20-18(26-27-22)7-8-28(14(2)29)19(20)11-15-5-6-15/h9-10,12,15H,5-8,11H2,1-4H3,(H2,24,30)(H,25,27). The monoisotopic (exact) mass is 407 g/mol. The van der Waals surface area contributed by atoms with Crippen molar-refractivity contribution in [3.8, 4) is 0 Å². The molecule has 1 saturated carbocycles. The number of primary amides is 1. The minimum absolute atomic E-state index is 0.0625. The topological polar surface area (TPSA) is 100 Å². The third kappa shape index (κ3) is 3.88. The molecule has 7 heteroatoms. The number of rotatable bonds is 5. The van der Waals surface area contributed by atoms with Crippen LogP contribution in [0, 0.1) is 12.8 Å². The molecule has 0 saturated heterocycles. The number of benzene rings is 1. The van der Waals surface area contributed by atoms with Gasteiger partial charge in [0.15, 0.2) is 5.84 Å². The van der Waals surface area contributed by atoms with Gasteiger partial charge in [-0.15, -0.1) is 5.10 Å². The molecule has 1 aromatic carbocycles. The first-order valence-electron chi connectivity index (χ1n) is 10.5.